The Hall–Kier alpha value is -3.56. The number of H-pyrrole nitrogens is 1. The van der Waals surface area contributed by atoms with Crippen LogP contribution in [0.1, 0.15) is 6.42 Å². The normalized spacial score (nSPS) is 13.2. The van der Waals surface area contributed by atoms with E-state index in [2.05, 4.69) is 15.4 Å². The standard InChI is InChI=1S/C18H19N5O5/c1-26-14-10-16-15(27-7-2-8-28-16)9-12(14)13-11-22(21-19-13)5-6-23-18(25)4-3-17(24)20-23/h3-4,9-11H,2,5-8H2,1H3,(H,20,24). The Morgan fingerprint density at radius 3 is 2.71 bits per heavy atom. The Morgan fingerprint density at radius 2 is 1.93 bits per heavy atom. The van der Waals surface area contributed by atoms with E-state index in [4.69, 9.17) is 14.2 Å². The third-order valence-electron chi connectivity index (χ3n) is 4.33. The van der Waals surface area contributed by atoms with Crippen molar-refractivity contribution in [3.8, 4) is 28.5 Å². The maximum atomic E-state index is 11.8. The first-order valence-electron chi connectivity index (χ1n) is 8.82. The van der Waals surface area contributed by atoms with Gasteiger partial charge in [0.15, 0.2) is 11.5 Å². The second-order valence-electron chi connectivity index (χ2n) is 6.22. The maximum Gasteiger partial charge on any atom is 0.265 e. The molecule has 0 saturated carbocycles. The molecule has 1 aliphatic rings. The highest BCUT2D eigenvalue weighted by molar-refractivity contribution is 5.71. The summed E-state index contributed by atoms with van der Waals surface area (Å²) in [6.45, 7) is 1.79. The van der Waals surface area contributed by atoms with E-state index in [1.165, 1.54) is 16.8 Å². The molecule has 2 aromatic heterocycles. The first-order valence-corrected chi connectivity index (χ1v) is 8.82. The van der Waals surface area contributed by atoms with Gasteiger partial charge in [0, 0.05) is 30.2 Å². The Bertz CT molecular complexity index is 1100. The highest BCUT2D eigenvalue weighted by atomic mass is 16.5. The van der Waals surface area contributed by atoms with Crippen molar-refractivity contribution in [1.29, 1.82) is 0 Å². The molecule has 1 N–H and O–H groups in total. The first kappa shape index (κ1) is 17.8. The van der Waals surface area contributed by atoms with Gasteiger partial charge in [-0.05, 0) is 6.07 Å². The molecule has 10 heteroatoms. The topological polar surface area (TPSA) is 113 Å². The minimum Gasteiger partial charge on any atom is -0.496 e. The van der Waals surface area contributed by atoms with Gasteiger partial charge in [0.1, 0.15) is 11.4 Å². The van der Waals surface area contributed by atoms with Gasteiger partial charge in [0.25, 0.3) is 11.1 Å². The predicted molar refractivity (Wildman–Crippen MR) is 98.9 cm³/mol. The van der Waals surface area contributed by atoms with E-state index >= 15 is 0 Å². The number of aromatic nitrogens is 5. The molecule has 3 heterocycles. The Labute approximate surface area is 159 Å². The summed E-state index contributed by atoms with van der Waals surface area (Å²) in [4.78, 5) is 23.1. The monoisotopic (exact) mass is 385 g/mol. The van der Waals surface area contributed by atoms with Crippen molar-refractivity contribution in [2.45, 2.75) is 19.5 Å². The lowest BCUT2D eigenvalue weighted by atomic mass is 10.1. The zero-order valence-corrected chi connectivity index (χ0v) is 15.3. The van der Waals surface area contributed by atoms with Crippen LogP contribution in [0.4, 0.5) is 0 Å². The maximum absolute atomic E-state index is 11.8. The average Bonchev–Trinajstić information content (AvgIpc) is 3.05. The van der Waals surface area contributed by atoms with E-state index in [1.54, 1.807) is 24.1 Å². The van der Waals surface area contributed by atoms with E-state index in [0.29, 0.717) is 42.7 Å². The molecule has 0 atom stereocenters. The molecule has 10 nitrogen and oxygen atoms in total. The summed E-state index contributed by atoms with van der Waals surface area (Å²) in [6.07, 6.45) is 2.55. The molecule has 1 aromatic carbocycles. The van der Waals surface area contributed by atoms with Gasteiger partial charge in [0.2, 0.25) is 0 Å². The van der Waals surface area contributed by atoms with Gasteiger partial charge in [-0.25, -0.2) is 4.68 Å². The van der Waals surface area contributed by atoms with Crippen molar-refractivity contribution in [3.05, 3.63) is 51.2 Å². The number of methoxy groups -OCH3 is 1. The third-order valence-corrected chi connectivity index (χ3v) is 4.33. The molecule has 0 fully saturated rings. The Morgan fingerprint density at radius 1 is 1.14 bits per heavy atom. The summed E-state index contributed by atoms with van der Waals surface area (Å²) >= 11 is 0. The van der Waals surface area contributed by atoms with E-state index in [9.17, 15) is 9.59 Å². The van der Waals surface area contributed by atoms with Gasteiger partial charge in [-0.15, -0.1) is 5.10 Å². The molecule has 0 spiro atoms. The number of aromatic amines is 1. The van der Waals surface area contributed by atoms with Gasteiger partial charge < -0.3 is 14.2 Å². The van der Waals surface area contributed by atoms with Crippen LogP contribution in [0.3, 0.4) is 0 Å². The molecule has 1 aliphatic heterocycles. The number of nitrogens with one attached hydrogen (secondary N) is 1. The van der Waals surface area contributed by atoms with Crippen LogP contribution in [-0.2, 0) is 13.1 Å². The number of ether oxygens (including phenoxy) is 3. The van der Waals surface area contributed by atoms with Crippen molar-refractivity contribution in [2.75, 3.05) is 20.3 Å². The lowest BCUT2D eigenvalue weighted by Gasteiger charge is -2.12. The minimum atomic E-state index is -0.337. The molecular formula is C18H19N5O5. The number of hydrogen-bond acceptors (Lipinski definition) is 7. The molecule has 146 valence electrons. The largest absolute Gasteiger partial charge is 0.496 e. The summed E-state index contributed by atoms with van der Waals surface area (Å²) in [5.41, 5.74) is 0.699. The van der Waals surface area contributed by atoms with E-state index in [1.807, 2.05) is 6.07 Å². The molecule has 28 heavy (non-hydrogen) atoms. The van der Waals surface area contributed by atoms with Gasteiger partial charge in [0.05, 0.1) is 39.6 Å². The second-order valence-corrected chi connectivity index (χ2v) is 6.22. The third kappa shape index (κ3) is 3.61. The van der Waals surface area contributed by atoms with Gasteiger partial charge in [-0.3, -0.25) is 19.4 Å². The van der Waals surface area contributed by atoms with Crippen LogP contribution < -0.4 is 25.3 Å². The lowest BCUT2D eigenvalue weighted by molar-refractivity contribution is 0.296. The molecule has 0 amide bonds. The van der Waals surface area contributed by atoms with Crippen molar-refractivity contribution in [2.24, 2.45) is 0 Å². The van der Waals surface area contributed by atoms with E-state index in [0.717, 1.165) is 12.0 Å². The summed E-state index contributed by atoms with van der Waals surface area (Å²) in [5.74, 6) is 1.87. The summed E-state index contributed by atoms with van der Waals surface area (Å²) in [6, 6.07) is 6.04. The van der Waals surface area contributed by atoms with Crippen LogP contribution in [0.15, 0.2) is 40.1 Å². The zero-order valence-electron chi connectivity index (χ0n) is 15.3. The van der Waals surface area contributed by atoms with Crippen LogP contribution in [-0.4, -0.2) is 45.1 Å². The molecule has 0 radical (unpaired) electrons. The summed E-state index contributed by atoms with van der Waals surface area (Å²) in [7, 11) is 1.57. The van der Waals surface area contributed by atoms with Crippen LogP contribution >= 0.6 is 0 Å². The summed E-state index contributed by atoms with van der Waals surface area (Å²) < 4.78 is 19.7. The van der Waals surface area contributed by atoms with Crippen LogP contribution in [0.5, 0.6) is 17.2 Å². The minimum absolute atomic E-state index is 0.260. The fourth-order valence-corrected chi connectivity index (χ4v) is 2.92. The van der Waals surface area contributed by atoms with Crippen molar-refractivity contribution in [1.82, 2.24) is 24.8 Å². The van der Waals surface area contributed by atoms with Gasteiger partial charge in [-0.2, -0.15) is 0 Å². The molecule has 0 unspecified atom stereocenters. The second kappa shape index (κ2) is 7.59. The van der Waals surface area contributed by atoms with E-state index < -0.39 is 0 Å². The fourth-order valence-electron chi connectivity index (χ4n) is 2.92. The van der Waals surface area contributed by atoms with Crippen LogP contribution in [0.2, 0.25) is 0 Å². The highest BCUT2D eigenvalue weighted by Gasteiger charge is 2.18. The zero-order chi connectivity index (χ0) is 19.5. The summed E-state index contributed by atoms with van der Waals surface area (Å²) in [5, 5.41) is 10.8. The lowest BCUT2D eigenvalue weighted by Crippen LogP contribution is -2.29. The quantitative estimate of drug-likeness (QED) is 0.686. The molecule has 3 aromatic rings. The van der Waals surface area contributed by atoms with Gasteiger partial charge in [-0.1, -0.05) is 5.21 Å². The predicted octanol–water partition coefficient (Wildman–Crippen LogP) is 0.665. The molecular weight excluding hydrogens is 366 g/mol. The molecule has 0 saturated heterocycles. The van der Waals surface area contributed by atoms with E-state index in [-0.39, 0.29) is 17.7 Å². The average molecular weight is 385 g/mol. The van der Waals surface area contributed by atoms with Crippen molar-refractivity contribution >= 4 is 0 Å². The van der Waals surface area contributed by atoms with Gasteiger partial charge >= 0.3 is 0 Å². The number of fused-ring (bicyclic) bond motifs is 1. The smallest absolute Gasteiger partial charge is 0.265 e. The van der Waals surface area contributed by atoms with Crippen molar-refractivity contribution in [3.63, 3.8) is 0 Å². The molecule has 0 aliphatic carbocycles. The molecule has 4 rings (SSSR count). The fraction of sp³-hybridized carbons (Fsp3) is 0.333. The highest BCUT2D eigenvalue weighted by Crippen LogP contribution is 2.40. The number of benzene rings is 1. The van der Waals surface area contributed by atoms with Crippen molar-refractivity contribution < 1.29 is 14.2 Å². The number of hydrogen-bond donors (Lipinski definition) is 1. The number of nitrogens with zero attached hydrogens (tertiary/aromatic N) is 4. The number of rotatable bonds is 5. The number of aryl methyl sites for hydroxylation is 2. The Kier molecular flexibility index (Phi) is 4.83. The Balaban J connectivity index is 1.58. The van der Waals surface area contributed by atoms with Crippen LogP contribution in [0, 0.1) is 0 Å². The van der Waals surface area contributed by atoms with Crippen LogP contribution in [0.25, 0.3) is 11.3 Å². The SMILES string of the molecule is COc1cc2c(cc1-c1cn(CCn3[nH]c(=O)ccc3=O)nn1)OCCCO2. The first-order chi connectivity index (χ1) is 13.6. The molecule has 0 bridgehead atoms.